The fourth-order valence-corrected chi connectivity index (χ4v) is 24.4. The minimum atomic E-state index is -0.281. The summed E-state index contributed by atoms with van der Waals surface area (Å²) in [4.78, 5) is 123. The molecule has 11 saturated heterocycles. The number of amides is 12. The predicted octanol–water partition coefficient (Wildman–Crippen LogP) is 22.0. The molecule has 0 radical (unpaired) electrons. The van der Waals surface area contributed by atoms with Gasteiger partial charge in [0.25, 0.3) is 0 Å². The van der Waals surface area contributed by atoms with E-state index in [9.17, 15) is 52.7 Å². The lowest BCUT2D eigenvalue weighted by Crippen LogP contribution is -2.63. The minimum Gasteiger partial charge on any atom is -0.459 e. The lowest BCUT2D eigenvalue weighted by Gasteiger charge is -2.45. The highest BCUT2D eigenvalue weighted by Crippen LogP contribution is 2.44. The highest BCUT2D eigenvalue weighted by Gasteiger charge is 2.53. The molecule has 0 aliphatic carbocycles. The van der Waals surface area contributed by atoms with Crippen molar-refractivity contribution in [1.82, 2.24) is 63.8 Å². The van der Waals surface area contributed by atoms with Gasteiger partial charge in [0.05, 0.1) is 40.3 Å². The van der Waals surface area contributed by atoms with Crippen molar-refractivity contribution in [1.29, 1.82) is 0 Å². The first-order chi connectivity index (χ1) is 63.7. The van der Waals surface area contributed by atoms with Crippen molar-refractivity contribution in [3.63, 3.8) is 0 Å². The summed E-state index contributed by atoms with van der Waals surface area (Å²) in [5.74, 6) is 10.9. The summed E-state index contributed by atoms with van der Waals surface area (Å²) in [6.45, 7) is 103. The van der Waals surface area contributed by atoms with Crippen LogP contribution in [0.1, 0.15) is 414 Å². The van der Waals surface area contributed by atoms with E-state index in [0.717, 1.165) is 76.5 Å². The van der Waals surface area contributed by atoms with Gasteiger partial charge in [-0.2, -0.15) is 0 Å². The number of urea groups is 3. The zero-order valence-electron chi connectivity index (χ0n) is 96.8. The third-order valence-electron chi connectivity index (χ3n) is 34.7. The number of rotatable bonds is 22. The number of carbonyl (C=O) groups excluding carboxylic acids is 11. The van der Waals surface area contributed by atoms with Crippen LogP contribution in [0.2, 0.25) is 0 Å². The number of hydrogen-bond donors (Lipinski definition) is 12. The lowest BCUT2D eigenvalue weighted by atomic mass is 9.72. The molecule has 11 rings (SSSR count). The van der Waals surface area contributed by atoms with E-state index in [0.29, 0.717) is 182 Å². The average Bonchev–Trinajstić information content (AvgIpc) is 1.63. The molecule has 11 aliphatic rings. The van der Waals surface area contributed by atoms with Crippen LogP contribution in [-0.4, -0.2) is 159 Å². The zero-order valence-corrected chi connectivity index (χ0v) is 96.8. The van der Waals surface area contributed by atoms with Crippen LogP contribution in [-0.2, 0) is 52.5 Å². The van der Waals surface area contributed by atoms with Crippen molar-refractivity contribution < 1.29 is 71.7 Å². The topological polar surface area (TPSA) is 369 Å². The molecule has 11 aliphatic heterocycles. The second-order valence-electron chi connectivity index (χ2n) is 48.9. The minimum absolute atomic E-state index is 0.00801. The Morgan fingerprint density at radius 1 is 0.273 bits per heavy atom. The van der Waals surface area contributed by atoms with Crippen molar-refractivity contribution in [2.45, 2.75) is 481 Å². The predicted molar refractivity (Wildman–Crippen MR) is 567 cm³/mol. The molecule has 12 N–H and O–H groups in total. The Hall–Kier alpha value is -6.93. The number of carbonyl (C=O) groups is 11. The van der Waals surface area contributed by atoms with E-state index in [-0.39, 0.29) is 139 Å². The maximum absolute atomic E-state index is 11.4. The second kappa shape index (κ2) is 55.4. The molecule has 27 heteroatoms. The van der Waals surface area contributed by atoms with Crippen LogP contribution in [0.3, 0.4) is 0 Å². The molecular formula is C112H212N12O15. The molecule has 0 spiro atoms. The first kappa shape index (κ1) is 130. The summed E-state index contributed by atoms with van der Waals surface area (Å²) in [7, 11) is 0. The molecule has 1 atom stereocenters. The molecule has 12 amide bonds. The summed E-state index contributed by atoms with van der Waals surface area (Å²) >= 11 is 0. The summed E-state index contributed by atoms with van der Waals surface area (Å²) in [6, 6.07) is 0.0136. The fraction of sp³-hybridized carbons (Fsp3) is 0.884. The zero-order chi connectivity index (χ0) is 108. The molecule has 0 aromatic heterocycles. The van der Waals surface area contributed by atoms with E-state index in [1.807, 2.05) is 0 Å². The van der Waals surface area contributed by atoms with Crippen LogP contribution in [0.25, 0.3) is 0 Å². The molecule has 0 bridgehead atoms. The van der Waals surface area contributed by atoms with Crippen molar-refractivity contribution in [3.05, 3.63) is 12.3 Å². The van der Waals surface area contributed by atoms with Gasteiger partial charge >= 0.3 is 36.1 Å². The summed E-state index contributed by atoms with van der Waals surface area (Å²) in [5, 5.41) is 36.2. The van der Waals surface area contributed by atoms with Gasteiger partial charge in [-0.3, -0.25) is 33.6 Å². The van der Waals surface area contributed by atoms with Crippen molar-refractivity contribution in [3.8, 4) is 0 Å². The lowest BCUT2D eigenvalue weighted by molar-refractivity contribution is -0.181. The molecule has 0 saturated carbocycles. The largest absolute Gasteiger partial charge is 0.459 e. The molecule has 1 unspecified atom stereocenters. The summed E-state index contributed by atoms with van der Waals surface area (Å²) < 4.78 is 21.2. The van der Waals surface area contributed by atoms with Gasteiger partial charge in [-0.15, -0.1) is 0 Å². The smallest absolute Gasteiger partial charge is 0.407 e. The van der Waals surface area contributed by atoms with Crippen molar-refractivity contribution in [2.24, 2.45) is 130 Å². The van der Waals surface area contributed by atoms with Crippen LogP contribution in [0, 0.1) is 130 Å². The Kier molecular flexibility index (Phi) is 51.8. The normalized spacial score (nSPS) is 22.3. The van der Waals surface area contributed by atoms with E-state index in [1.165, 1.54) is 0 Å². The molecule has 27 nitrogen and oxygen atoms in total. The molecular weight excluding hydrogens is 1750 g/mol. The van der Waals surface area contributed by atoms with Gasteiger partial charge in [-0.05, 0) is 201 Å². The maximum atomic E-state index is 11.4. The Morgan fingerprint density at radius 2 is 0.583 bits per heavy atom. The Bertz CT molecular complexity index is 3340. The van der Waals surface area contributed by atoms with Crippen LogP contribution < -0.4 is 63.8 Å². The van der Waals surface area contributed by atoms with E-state index in [4.69, 9.17) is 18.9 Å². The summed E-state index contributed by atoms with van der Waals surface area (Å²) in [5.41, 5.74) is -0.108. The first-order valence-electron chi connectivity index (χ1n) is 54.2. The second-order valence-corrected chi connectivity index (χ2v) is 48.9. The van der Waals surface area contributed by atoms with Crippen LogP contribution in [0.5, 0.6) is 0 Å². The number of hydrogen-bond acceptors (Lipinski definition) is 15. The SMILES string of the molecule is C=C1NC(=O)NC1(C(C)C)C(C)C.CC(C)C1(C(C)C)CCC(=O)N1.CC(C)C1(C(C)C)CCC(=O)O1.CC(C)C1(C(C)C)CCCC(=O)N1.CC(C)C1(C(C)C)CCCC(=O)N1.CC(C)C1(C(C)C)CCCC(=O)N1.CC(C)C1(C(C)C)CCCC(=O)O1.CC(C)C1(C(C)C)CNC(=O)N1.CC(C)C1(C(C)C)COC(=O)N1.CC(C)C1(C(C)C)COCC(=O)N1.CC(C)C1(C(C)C)NC(=O)NC1C. The number of piperidine rings is 3. The molecule has 11 heterocycles. The maximum Gasteiger partial charge on any atom is 0.407 e. The quantitative estimate of drug-likeness (QED) is 0.0354. The average molecular weight is 1970 g/mol. The molecule has 810 valence electrons. The van der Waals surface area contributed by atoms with Gasteiger partial charge in [0.2, 0.25) is 29.5 Å². The molecule has 0 aromatic carbocycles. The van der Waals surface area contributed by atoms with Gasteiger partial charge in [-0.1, -0.05) is 311 Å². The fourth-order valence-electron chi connectivity index (χ4n) is 24.4. The number of esters is 2. The summed E-state index contributed by atoms with van der Waals surface area (Å²) in [6.07, 6.45) is 14.2. The Labute approximate surface area is 846 Å². The molecule has 139 heavy (non-hydrogen) atoms. The number of morpholine rings is 1. The van der Waals surface area contributed by atoms with Crippen molar-refractivity contribution >= 4 is 65.7 Å². The molecule has 0 aromatic rings. The van der Waals surface area contributed by atoms with E-state index in [2.05, 4.69) is 382 Å². The third-order valence-corrected chi connectivity index (χ3v) is 34.7. The van der Waals surface area contributed by atoms with Crippen LogP contribution in [0.15, 0.2) is 12.3 Å². The standard InChI is InChI=1S/3C11H21NO.C11H20O2.C10H20N2O.C10H18N2O.C10H19NO2.C10H19NO.C10H18O2.C9H18N2O.C9H17NO2/c3*1-8(2)11(9(3)4)7-5-6-10(13)12-11;1-8(2)11(9(3)4)7-5-6-10(12)13-11;2*1-6(2)10(7(3)4)8(5)11-9(13)12-10;1-7(2)10(8(3)4)6-13-5-9(12)11-10;1-7(2)10(8(3)4)6-5-9(12)11-10;1-7(2)10(8(3)4)6-5-9(11)12-10;1-6(2)9(7(3)4)5-10-8(12)11-9;1-6(2)9(7(3)4)5-12-8(11)10-9/h3*8-9H,5-7H2,1-4H3,(H,12,13);8-9H,5-7H2,1-4H3;6-8H,1-5H3,(H2,11,12,13);6-7H,5H2,1-4H3,(H2,11,12,13);7-8H,5-6H2,1-4H3,(H,11,12);7-8H,5-6H2,1-4H3,(H,11,12);7-8H,5-6H2,1-4H3;6-7H,5H2,1-4H3,(H2,10,11,12);6-7H,5H2,1-4H3,(H,10,11). The number of cyclic esters (lactones) is 3. The van der Waals surface area contributed by atoms with Gasteiger partial charge in [-0.25, -0.2) is 19.2 Å². The van der Waals surface area contributed by atoms with E-state index >= 15 is 0 Å². The molecule has 11 fully saturated rings. The monoisotopic (exact) mass is 1970 g/mol. The highest BCUT2D eigenvalue weighted by atomic mass is 16.6. The van der Waals surface area contributed by atoms with Crippen molar-refractivity contribution in [2.75, 3.05) is 26.4 Å². The van der Waals surface area contributed by atoms with E-state index < -0.39 is 0 Å². The Morgan fingerprint density at radius 3 is 0.755 bits per heavy atom. The van der Waals surface area contributed by atoms with Gasteiger partial charge < -0.3 is 82.7 Å². The van der Waals surface area contributed by atoms with Gasteiger partial charge in [0.15, 0.2) is 0 Å². The number of ether oxygens (including phenoxy) is 4. The van der Waals surface area contributed by atoms with Crippen LogP contribution in [0.4, 0.5) is 19.2 Å². The third kappa shape index (κ3) is 32.5. The van der Waals surface area contributed by atoms with Crippen LogP contribution >= 0.6 is 0 Å². The highest BCUT2D eigenvalue weighted by molar-refractivity contribution is 5.83. The van der Waals surface area contributed by atoms with Gasteiger partial charge in [0.1, 0.15) is 24.4 Å². The number of nitrogens with one attached hydrogen (secondary N) is 12. The van der Waals surface area contributed by atoms with Gasteiger partial charge in [0, 0.05) is 72.9 Å². The Balaban J connectivity index is 0.000000765. The van der Waals surface area contributed by atoms with E-state index in [1.54, 1.807) is 0 Å². The first-order valence-corrected chi connectivity index (χ1v) is 54.2. The number of alkyl carbamates (subject to hydrolysis) is 1.